The first-order valence-corrected chi connectivity index (χ1v) is 16.7. The molecule has 6 rings (SSSR count). The Morgan fingerprint density at radius 1 is 0.958 bits per heavy atom. The molecule has 0 spiro atoms. The summed E-state index contributed by atoms with van der Waals surface area (Å²) in [6, 6.07) is 5.61. The van der Waals surface area contributed by atoms with Crippen LogP contribution in [0.1, 0.15) is 156 Å². The Morgan fingerprint density at radius 3 is 2.35 bits per heavy atom. The highest BCUT2D eigenvalue weighted by Crippen LogP contribution is 2.45. The van der Waals surface area contributed by atoms with Gasteiger partial charge in [-0.2, -0.15) is 0 Å². The standard InChI is InChI=1S/C37H41N5O6/c1-8-12-48-30(45)11-10-22-18(4)25-13-26-19(5)31(20(6)44)29(39-26)14-24-17(3)21(9-2)27(38-24)15-28-23(16-43)32-35(41-28)33(34(22)40-25)37(47)42(7)36(32)46/h13-18,21-22,38,41H,8-12H2,1-7H3/t17-,18+,21-,22+/m1/s1. The van der Waals surface area contributed by atoms with E-state index in [1.54, 1.807) is 0 Å². The van der Waals surface area contributed by atoms with Crippen molar-refractivity contribution < 1.29 is 28.7 Å². The summed E-state index contributed by atoms with van der Waals surface area (Å²) in [4.78, 5) is 83.8. The first-order valence-electron chi connectivity index (χ1n) is 16.7. The summed E-state index contributed by atoms with van der Waals surface area (Å²) in [6.45, 7) is 11.8. The first-order chi connectivity index (χ1) is 22.9. The Morgan fingerprint density at radius 2 is 1.69 bits per heavy atom. The van der Waals surface area contributed by atoms with Crippen molar-refractivity contribution in [3.8, 4) is 0 Å². The number of aromatic amines is 2. The highest BCUT2D eigenvalue weighted by Gasteiger charge is 2.40. The van der Waals surface area contributed by atoms with Gasteiger partial charge in [0.05, 0.1) is 51.4 Å². The van der Waals surface area contributed by atoms with E-state index in [1.165, 1.54) is 14.0 Å². The number of ether oxygens (including phenoxy) is 1. The van der Waals surface area contributed by atoms with Gasteiger partial charge in [-0.05, 0) is 56.9 Å². The van der Waals surface area contributed by atoms with Gasteiger partial charge in [-0.3, -0.25) is 33.9 Å². The Kier molecular flexibility index (Phi) is 8.65. The molecule has 2 aromatic rings. The van der Waals surface area contributed by atoms with Crippen molar-refractivity contribution in [1.29, 1.82) is 0 Å². The van der Waals surface area contributed by atoms with Gasteiger partial charge in [0.1, 0.15) is 0 Å². The van der Waals surface area contributed by atoms with Crippen molar-refractivity contribution in [3.63, 3.8) is 0 Å². The van der Waals surface area contributed by atoms with Crippen LogP contribution in [0.5, 0.6) is 0 Å². The second kappa shape index (κ2) is 12.6. The number of carbonyl (C=O) groups is 5. The Labute approximate surface area is 278 Å². The van der Waals surface area contributed by atoms with Crippen molar-refractivity contribution in [2.75, 3.05) is 13.7 Å². The molecular weight excluding hydrogens is 610 g/mol. The van der Waals surface area contributed by atoms with Crippen LogP contribution in [-0.2, 0) is 14.3 Å². The van der Waals surface area contributed by atoms with Crippen LogP contribution in [0, 0.1) is 0 Å². The van der Waals surface area contributed by atoms with Crippen LogP contribution in [0.15, 0.2) is 18.2 Å². The molecule has 2 aromatic heterocycles. The number of Topliss-reactive ketones (excluding diaryl/α,β-unsaturated/α-hetero) is 1. The van der Waals surface area contributed by atoms with E-state index in [2.05, 4.69) is 23.8 Å². The third kappa shape index (κ3) is 5.25. The Balaban J connectivity index is 1.74. The van der Waals surface area contributed by atoms with E-state index in [-0.39, 0.29) is 58.1 Å². The molecule has 4 atom stereocenters. The summed E-state index contributed by atoms with van der Waals surface area (Å²) in [7, 11) is 1.40. The van der Waals surface area contributed by atoms with Gasteiger partial charge >= 0.3 is 5.97 Å². The lowest BCUT2D eigenvalue weighted by Gasteiger charge is -2.23. The van der Waals surface area contributed by atoms with Gasteiger partial charge in [0.25, 0.3) is 11.8 Å². The maximum Gasteiger partial charge on any atom is 0.305 e. The van der Waals surface area contributed by atoms with Gasteiger partial charge in [0.15, 0.2) is 12.1 Å². The minimum absolute atomic E-state index is 0.0441. The van der Waals surface area contributed by atoms with Crippen LogP contribution in [0.3, 0.4) is 0 Å². The van der Waals surface area contributed by atoms with Crippen molar-refractivity contribution in [3.05, 3.63) is 69.1 Å². The molecule has 0 unspecified atom stereocenters. The molecule has 48 heavy (non-hydrogen) atoms. The third-order valence-corrected chi connectivity index (χ3v) is 10.2. The van der Waals surface area contributed by atoms with E-state index in [1.807, 2.05) is 39.0 Å². The predicted octanol–water partition coefficient (Wildman–Crippen LogP) is 6.51. The molecule has 0 aliphatic carbocycles. The fraction of sp³-hybridized carbons (Fsp3) is 0.432. The van der Waals surface area contributed by atoms with Crippen LogP contribution < -0.4 is 0 Å². The van der Waals surface area contributed by atoms with E-state index in [0.717, 1.165) is 28.3 Å². The molecule has 2 amide bonds. The average molecular weight is 652 g/mol. The lowest BCUT2D eigenvalue weighted by atomic mass is 9.84. The lowest BCUT2D eigenvalue weighted by molar-refractivity contribution is -0.143. The number of rotatable bonds is 8. The number of nitrogens with one attached hydrogen (secondary N) is 2. The van der Waals surface area contributed by atoms with Gasteiger partial charge in [-0.25, -0.2) is 4.98 Å². The number of H-pyrrole nitrogens is 2. The zero-order chi connectivity index (χ0) is 34.6. The summed E-state index contributed by atoms with van der Waals surface area (Å²) < 4.78 is 5.36. The second-order valence-electron chi connectivity index (χ2n) is 13.2. The van der Waals surface area contributed by atoms with E-state index in [0.29, 0.717) is 59.6 Å². The molecular formula is C37H41N5O6. The molecule has 0 aromatic carbocycles. The summed E-state index contributed by atoms with van der Waals surface area (Å²) in [5.74, 6) is -2.14. The smallest absolute Gasteiger partial charge is 0.305 e. The number of hydrogen-bond donors (Lipinski definition) is 2. The number of carbonyl (C=O) groups excluding carboxylic acids is 5. The minimum Gasteiger partial charge on any atom is -0.466 e. The predicted molar refractivity (Wildman–Crippen MR) is 180 cm³/mol. The van der Waals surface area contributed by atoms with E-state index in [4.69, 9.17) is 14.7 Å². The molecule has 11 heteroatoms. The number of ketones is 1. The number of nitrogens with zero attached hydrogens (tertiary/aromatic N) is 3. The van der Waals surface area contributed by atoms with E-state index in [9.17, 15) is 24.0 Å². The Bertz CT molecular complexity index is 2000. The van der Waals surface area contributed by atoms with E-state index >= 15 is 0 Å². The molecule has 8 bridgehead atoms. The maximum atomic E-state index is 14.0. The number of aromatic nitrogens is 4. The molecule has 0 radical (unpaired) electrons. The van der Waals surface area contributed by atoms with Gasteiger partial charge in [0, 0.05) is 59.8 Å². The molecule has 2 N–H and O–H groups in total. The number of amides is 2. The number of imide groups is 1. The first kappa shape index (κ1) is 33.0. The van der Waals surface area contributed by atoms with Gasteiger partial charge in [-0.1, -0.05) is 27.7 Å². The van der Waals surface area contributed by atoms with Gasteiger partial charge in [-0.15, -0.1) is 0 Å². The zero-order valence-electron chi connectivity index (χ0n) is 28.4. The van der Waals surface area contributed by atoms with Gasteiger partial charge < -0.3 is 14.7 Å². The SMILES string of the molecule is CCCOC(=O)CC[C@@H]1c2nc(cc3nc(cc4[nH]c(cc5[nH]c6c2C(=O)N(C)C(=O)c6c5C=O)[C@H](CC)[C@H]4C)C(C(C)=O)=C3C)[C@H]1C. The molecule has 250 valence electrons. The summed E-state index contributed by atoms with van der Waals surface area (Å²) in [5.41, 5.74) is 6.29. The summed E-state index contributed by atoms with van der Waals surface area (Å²) >= 11 is 0. The highest BCUT2D eigenvalue weighted by molar-refractivity contribution is 6.27. The van der Waals surface area contributed by atoms with Crippen molar-refractivity contribution in [2.24, 2.45) is 0 Å². The number of esters is 1. The second-order valence-corrected chi connectivity index (χ2v) is 13.2. The fourth-order valence-electron chi connectivity index (χ4n) is 7.54. The molecule has 0 saturated carbocycles. The topological polar surface area (TPSA) is 155 Å². The maximum absolute atomic E-state index is 14.0. The molecule has 0 saturated heterocycles. The molecule has 11 nitrogen and oxygen atoms in total. The molecule has 4 aliphatic heterocycles. The zero-order valence-corrected chi connectivity index (χ0v) is 28.4. The minimum atomic E-state index is -0.581. The Hall–Kier alpha value is -4.93. The van der Waals surface area contributed by atoms with Crippen molar-refractivity contribution in [1.82, 2.24) is 24.8 Å². The number of fused-ring (bicyclic) bond motifs is 8. The number of hydrogen-bond acceptors (Lipinski definition) is 8. The largest absolute Gasteiger partial charge is 0.466 e. The fourth-order valence-corrected chi connectivity index (χ4v) is 7.54. The van der Waals surface area contributed by atoms with Crippen LogP contribution in [-0.4, -0.2) is 68.3 Å². The average Bonchev–Trinajstić information content (AvgIpc) is 3.75. The van der Waals surface area contributed by atoms with Crippen molar-refractivity contribution in [2.45, 2.75) is 90.9 Å². The van der Waals surface area contributed by atoms with E-state index < -0.39 is 17.7 Å². The third-order valence-electron chi connectivity index (χ3n) is 10.2. The lowest BCUT2D eigenvalue weighted by Crippen LogP contribution is -2.37. The quantitative estimate of drug-likeness (QED) is 0.186. The van der Waals surface area contributed by atoms with Crippen LogP contribution in [0.4, 0.5) is 0 Å². The highest BCUT2D eigenvalue weighted by atomic mass is 16.5. The molecule has 0 fully saturated rings. The summed E-state index contributed by atoms with van der Waals surface area (Å²) in [5, 5.41) is 0. The number of allylic oxidation sites excluding steroid dienone is 2. The van der Waals surface area contributed by atoms with Crippen LogP contribution in [0.2, 0.25) is 0 Å². The van der Waals surface area contributed by atoms with Gasteiger partial charge in [0.2, 0.25) is 0 Å². The number of aldehydes is 1. The van der Waals surface area contributed by atoms with Crippen molar-refractivity contribution >= 4 is 52.0 Å². The molecule has 4 aliphatic rings. The molecule has 6 heterocycles. The summed E-state index contributed by atoms with van der Waals surface area (Å²) in [6.07, 6.45) is 2.58. The monoisotopic (exact) mass is 651 g/mol. The normalized spacial score (nSPS) is 21.0. The van der Waals surface area contributed by atoms with Crippen LogP contribution in [0.25, 0.3) is 22.2 Å². The van der Waals surface area contributed by atoms with Crippen LogP contribution >= 0.6 is 0 Å².